The largest absolute Gasteiger partial charge is 0.466 e. The summed E-state index contributed by atoms with van der Waals surface area (Å²) in [6.07, 6.45) is 17.8. The molecule has 0 aromatic heterocycles. The third-order valence-electron chi connectivity index (χ3n) is 3.64. The Morgan fingerprint density at radius 3 is 2.39 bits per heavy atom. The van der Waals surface area contributed by atoms with E-state index in [1.165, 1.54) is 64.7 Å². The molecule has 0 N–H and O–H groups in total. The van der Waals surface area contributed by atoms with Gasteiger partial charge in [0, 0.05) is 6.92 Å². The summed E-state index contributed by atoms with van der Waals surface area (Å²) in [4.78, 5) is 10.5. The van der Waals surface area contributed by atoms with Gasteiger partial charge in [0.1, 0.15) is 0 Å². The number of carbonyl (C=O) groups is 1. The van der Waals surface area contributed by atoms with Crippen molar-refractivity contribution in [1.82, 2.24) is 0 Å². The second-order valence-electron chi connectivity index (χ2n) is 5.37. The highest BCUT2D eigenvalue weighted by atomic mass is 16.5. The van der Waals surface area contributed by atoms with Crippen molar-refractivity contribution in [3.63, 3.8) is 0 Å². The minimum absolute atomic E-state index is 0.157. The second-order valence-corrected chi connectivity index (χ2v) is 5.37. The molecule has 0 saturated carbocycles. The molecule has 104 valence electrons. The van der Waals surface area contributed by atoms with Crippen molar-refractivity contribution in [2.75, 3.05) is 6.61 Å². The fraction of sp³-hybridized carbons (Fsp3) is 0.812. The van der Waals surface area contributed by atoms with E-state index in [-0.39, 0.29) is 5.97 Å². The summed E-state index contributed by atoms with van der Waals surface area (Å²) in [6.45, 7) is 2.07. The molecule has 0 aromatic carbocycles. The maximum Gasteiger partial charge on any atom is 0.302 e. The number of unbranched alkanes of at least 4 members (excludes halogenated alkanes) is 6. The summed E-state index contributed by atoms with van der Waals surface area (Å²) in [5.74, 6) is 0.727. The summed E-state index contributed by atoms with van der Waals surface area (Å²) in [6, 6.07) is 0. The van der Waals surface area contributed by atoms with Crippen molar-refractivity contribution in [3.8, 4) is 0 Å². The average Bonchev–Trinajstić information content (AvgIpc) is 2.84. The molecule has 1 rings (SSSR count). The molecule has 0 bridgehead atoms. The molecule has 0 aromatic rings. The highest BCUT2D eigenvalue weighted by Crippen LogP contribution is 2.23. The highest BCUT2D eigenvalue weighted by molar-refractivity contribution is 5.65. The quantitative estimate of drug-likeness (QED) is 0.322. The first-order valence-corrected chi connectivity index (χ1v) is 7.59. The van der Waals surface area contributed by atoms with Crippen LogP contribution in [0.15, 0.2) is 12.2 Å². The maximum absolute atomic E-state index is 10.5. The van der Waals surface area contributed by atoms with Crippen molar-refractivity contribution in [2.45, 2.75) is 71.1 Å². The predicted molar refractivity (Wildman–Crippen MR) is 75.4 cm³/mol. The van der Waals surface area contributed by atoms with E-state index in [0.717, 1.165) is 12.3 Å². The highest BCUT2D eigenvalue weighted by Gasteiger charge is 2.07. The molecule has 0 amide bonds. The summed E-state index contributed by atoms with van der Waals surface area (Å²) >= 11 is 0. The summed E-state index contributed by atoms with van der Waals surface area (Å²) < 4.78 is 4.90. The van der Waals surface area contributed by atoms with Crippen molar-refractivity contribution >= 4 is 5.97 Å². The van der Waals surface area contributed by atoms with Crippen LogP contribution in [0, 0.1) is 5.92 Å². The number of ether oxygens (including phenoxy) is 1. The molecule has 2 nitrogen and oxygen atoms in total. The monoisotopic (exact) mass is 252 g/mol. The van der Waals surface area contributed by atoms with Gasteiger partial charge in [-0.1, -0.05) is 50.7 Å². The molecule has 0 radical (unpaired) electrons. The van der Waals surface area contributed by atoms with Crippen LogP contribution in [-0.4, -0.2) is 12.6 Å². The number of hydrogen-bond acceptors (Lipinski definition) is 2. The van der Waals surface area contributed by atoms with Crippen LogP contribution in [0.3, 0.4) is 0 Å². The van der Waals surface area contributed by atoms with Crippen LogP contribution in [0.5, 0.6) is 0 Å². The van der Waals surface area contributed by atoms with Crippen LogP contribution in [-0.2, 0) is 9.53 Å². The van der Waals surface area contributed by atoms with Gasteiger partial charge < -0.3 is 4.74 Å². The fourth-order valence-corrected chi connectivity index (χ4v) is 2.54. The number of rotatable bonds is 10. The third kappa shape index (κ3) is 8.32. The fourth-order valence-electron chi connectivity index (χ4n) is 2.54. The topological polar surface area (TPSA) is 26.3 Å². The molecule has 18 heavy (non-hydrogen) atoms. The Labute approximate surface area is 112 Å². The van der Waals surface area contributed by atoms with Gasteiger partial charge in [0.15, 0.2) is 0 Å². The zero-order chi connectivity index (χ0) is 13.1. The van der Waals surface area contributed by atoms with E-state index < -0.39 is 0 Å². The molecular weight excluding hydrogens is 224 g/mol. The van der Waals surface area contributed by atoms with Crippen molar-refractivity contribution in [1.29, 1.82) is 0 Å². The van der Waals surface area contributed by atoms with Gasteiger partial charge in [0.25, 0.3) is 0 Å². The first-order chi connectivity index (χ1) is 8.79. The van der Waals surface area contributed by atoms with E-state index >= 15 is 0 Å². The van der Waals surface area contributed by atoms with Crippen molar-refractivity contribution < 1.29 is 9.53 Å². The van der Waals surface area contributed by atoms with E-state index in [9.17, 15) is 4.79 Å². The molecule has 0 fully saturated rings. The predicted octanol–water partition coefficient (Wildman–Crippen LogP) is 4.64. The van der Waals surface area contributed by atoms with Crippen LogP contribution in [0.25, 0.3) is 0 Å². The van der Waals surface area contributed by atoms with Gasteiger partial charge >= 0.3 is 5.97 Å². The molecule has 0 spiro atoms. The molecule has 1 aliphatic carbocycles. The molecule has 0 heterocycles. The molecule has 0 unspecified atom stereocenters. The van der Waals surface area contributed by atoms with E-state index in [1.54, 1.807) is 0 Å². The van der Waals surface area contributed by atoms with E-state index in [1.807, 2.05) is 0 Å². The lowest BCUT2D eigenvalue weighted by Gasteiger charge is -2.06. The Morgan fingerprint density at radius 1 is 1.11 bits per heavy atom. The van der Waals surface area contributed by atoms with Gasteiger partial charge in [-0.2, -0.15) is 0 Å². The SMILES string of the molecule is CC(=O)OCCCCCCCCC[C@@H]1C=CCC1. The number of carbonyl (C=O) groups excluding carboxylic acids is 1. The first-order valence-electron chi connectivity index (χ1n) is 7.59. The molecular formula is C16H28O2. The third-order valence-corrected chi connectivity index (χ3v) is 3.64. The van der Waals surface area contributed by atoms with Gasteiger partial charge in [0.05, 0.1) is 6.61 Å². The number of esters is 1. The average molecular weight is 252 g/mol. The van der Waals surface area contributed by atoms with Gasteiger partial charge in [0.2, 0.25) is 0 Å². The minimum atomic E-state index is -0.157. The lowest BCUT2D eigenvalue weighted by molar-refractivity contribution is -0.141. The van der Waals surface area contributed by atoms with Crippen LogP contribution in [0.4, 0.5) is 0 Å². The molecule has 1 atom stereocenters. The Kier molecular flexibility index (Phi) is 8.62. The summed E-state index contributed by atoms with van der Waals surface area (Å²) in [5, 5.41) is 0. The standard InChI is InChI=1S/C16H28O2/c1-15(17)18-14-10-6-4-2-3-5-7-11-16-12-8-9-13-16/h8,12,16H,2-7,9-11,13-14H2,1H3/t16-/m1/s1. The van der Waals surface area contributed by atoms with E-state index in [4.69, 9.17) is 4.74 Å². The zero-order valence-electron chi connectivity index (χ0n) is 11.8. The Hall–Kier alpha value is -0.790. The summed E-state index contributed by atoms with van der Waals surface area (Å²) in [5.41, 5.74) is 0. The Balaban J connectivity index is 1.73. The molecule has 0 saturated heterocycles. The summed E-state index contributed by atoms with van der Waals surface area (Å²) in [7, 11) is 0. The molecule has 0 aliphatic heterocycles. The Morgan fingerprint density at radius 2 is 1.78 bits per heavy atom. The lowest BCUT2D eigenvalue weighted by Crippen LogP contribution is -2.00. The normalized spacial score (nSPS) is 18.2. The van der Waals surface area contributed by atoms with Gasteiger partial charge in [-0.15, -0.1) is 0 Å². The molecule has 1 aliphatic rings. The van der Waals surface area contributed by atoms with Crippen LogP contribution >= 0.6 is 0 Å². The van der Waals surface area contributed by atoms with E-state index in [2.05, 4.69) is 12.2 Å². The van der Waals surface area contributed by atoms with Gasteiger partial charge in [-0.05, 0) is 31.6 Å². The Bertz CT molecular complexity index is 245. The number of hydrogen-bond donors (Lipinski definition) is 0. The van der Waals surface area contributed by atoms with Crippen molar-refractivity contribution in [2.24, 2.45) is 5.92 Å². The zero-order valence-corrected chi connectivity index (χ0v) is 11.8. The first kappa shape index (κ1) is 15.3. The van der Waals surface area contributed by atoms with E-state index in [0.29, 0.717) is 6.61 Å². The van der Waals surface area contributed by atoms with Gasteiger partial charge in [-0.25, -0.2) is 0 Å². The van der Waals surface area contributed by atoms with Crippen LogP contribution in [0.1, 0.15) is 71.1 Å². The minimum Gasteiger partial charge on any atom is -0.466 e. The van der Waals surface area contributed by atoms with Crippen LogP contribution < -0.4 is 0 Å². The molecule has 2 heteroatoms. The lowest BCUT2D eigenvalue weighted by atomic mass is 10.00. The maximum atomic E-state index is 10.5. The second kappa shape index (κ2) is 10.2. The smallest absolute Gasteiger partial charge is 0.302 e. The van der Waals surface area contributed by atoms with Crippen molar-refractivity contribution in [3.05, 3.63) is 12.2 Å². The van der Waals surface area contributed by atoms with Gasteiger partial charge in [-0.3, -0.25) is 4.79 Å². The number of allylic oxidation sites excluding steroid dienone is 2. The van der Waals surface area contributed by atoms with Crippen LogP contribution in [0.2, 0.25) is 0 Å².